The summed E-state index contributed by atoms with van der Waals surface area (Å²) < 4.78 is 36.1. The van der Waals surface area contributed by atoms with Crippen LogP contribution in [-0.4, -0.2) is 46.7 Å². The molecule has 0 fully saturated rings. The molecule has 3 N–H and O–H groups in total. The Labute approximate surface area is 143 Å². The second-order valence-corrected chi connectivity index (χ2v) is 6.57. The third-order valence-electron chi connectivity index (χ3n) is 3.84. The van der Waals surface area contributed by atoms with E-state index in [9.17, 15) is 13.6 Å². The topological polar surface area (TPSA) is 84.3 Å². The van der Waals surface area contributed by atoms with Crippen LogP contribution in [0.4, 0.5) is 8.78 Å². The van der Waals surface area contributed by atoms with E-state index in [-0.39, 0.29) is 18.7 Å². The lowest BCUT2D eigenvalue weighted by molar-refractivity contribution is 0.0166. The molecule has 1 aromatic heterocycles. The highest BCUT2D eigenvalue weighted by Crippen LogP contribution is 2.36. The summed E-state index contributed by atoms with van der Waals surface area (Å²) in [4.78, 5) is 12.6. The maximum atomic E-state index is 14.0. The number of nitrogens with zero attached hydrogens (tertiary/aromatic N) is 2. The highest BCUT2D eigenvalue weighted by Gasteiger charge is 2.41. The van der Waals surface area contributed by atoms with Crippen molar-refractivity contribution in [1.82, 2.24) is 8.87 Å². The van der Waals surface area contributed by atoms with Crippen LogP contribution in [0, 0.1) is 12.3 Å². The quantitative estimate of drug-likeness (QED) is 0.479. The zero-order valence-electron chi connectivity index (χ0n) is 13.7. The highest BCUT2D eigenvalue weighted by atomic mass is 32.2. The van der Waals surface area contributed by atoms with Gasteiger partial charge in [0.25, 0.3) is 0 Å². The van der Waals surface area contributed by atoms with E-state index >= 15 is 0 Å². The number of rotatable bonds is 5. The molecule has 0 saturated carbocycles. The normalized spacial score (nSPS) is 17.9. The van der Waals surface area contributed by atoms with Crippen molar-refractivity contribution in [3.8, 4) is 0 Å². The molecule has 0 spiro atoms. The van der Waals surface area contributed by atoms with Gasteiger partial charge in [-0.2, -0.15) is 8.78 Å². The van der Waals surface area contributed by atoms with Gasteiger partial charge in [0.05, 0.1) is 18.8 Å². The van der Waals surface area contributed by atoms with E-state index in [0.717, 1.165) is 23.9 Å². The number of hydrogen-bond donors (Lipinski definition) is 2. The number of carbonyl (C=O) groups is 1. The first-order valence-corrected chi connectivity index (χ1v) is 8.12. The van der Waals surface area contributed by atoms with Crippen LogP contribution in [0.5, 0.6) is 0 Å². The summed E-state index contributed by atoms with van der Waals surface area (Å²) in [6.07, 6.45) is 0.859. The molecule has 0 unspecified atom stereocenters. The van der Waals surface area contributed by atoms with Crippen LogP contribution < -0.4 is 5.73 Å². The average molecular weight is 358 g/mol. The number of halogens is 2. The predicted molar refractivity (Wildman–Crippen MR) is 88.5 cm³/mol. The zero-order valence-corrected chi connectivity index (χ0v) is 14.5. The second-order valence-electron chi connectivity index (χ2n) is 5.44. The molecular formula is C15H20F2N4O2S. The number of ether oxygens (including phenoxy) is 1. The lowest BCUT2D eigenvalue weighted by atomic mass is 10.1. The maximum absolute atomic E-state index is 14.0. The van der Waals surface area contributed by atoms with Crippen LogP contribution in [0.1, 0.15) is 23.1 Å². The summed E-state index contributed by atoms with van der Waals surface area (Å²) in [6.45, 7) is 3.36. The first-order chi connectivity index (χ1) is 11.2. The van der Waals surface area contributed by atoms with Crippen LogP contribution >= 0.6 is 11.9 Å². The molecule has 2 heterocycles. The van der Waals surface area contributed by atoms with E-state index in [1.165, 1.54) is 4.31 Å². The van der Waals surface area contributed by atoms with E-state index in [4.69, 9.17) is 15.9 Å². The number of nitrogens with two attached hydrogens (primary N) is 1. The van der Waals surface area contributed by atoms with Crippen molar-refractivity contribution in [2.75, 3.05) is 19.7 Å². The molecule has 0 aliphatic carbocycles. The summed E-state index contributed by atoms with van der Waals surface area (Å²) in [5.41, 5.74) is 6.11. The van der Waals surface area contributed by atoms with Crippen molar-refractivity contribution in [3.05, 3.63) is 28.7 Å². The Bertz CT molecular complexity index is 700. The summed E-state index contributed by atoms with van der Waals surface area (Å²) in [7, 11) is 1.72. The fourth-order valence-corrected chi connectivity index (χ4v) is 3.51. The smallest absolute Gasteiger partial charge is 0.354 e. The molecule has 0 atom stereocenters. The minimum absolute atomic E-state index is 0.0953. The Morgan fingerprint density at radius 3 is 2.83 bits per heavy atom. The van der Waals surface area contributed by atoms with Gasteiger partial charge in [0.2, 0.25) is 0 Å². The Morgan fingerprint density at radius 2 is 2.25 bits per heavy atom. The molecule has 6 nitrogen and oxygen atoms in total. The molecule has 0 amide bonds. The minimum Gasteiger partial charge on any atom is -0.461 e. The van der Waals surface area contributed by atoms with Crippen molar-refractivity contribution < 1.29 is 18.3 Å². The molecule has 0 bridgehead atoms. The molecule has 24 heavy (non-hydrogen) atoms. The summed E-state index contributed by atoms with van der Waals surface area (Å²) in [5, 5.41) is 7.26. The van der Waals surface area contributed by atoms with Gasteiger partial charge in [0, 0.05) is 36.0 Å². The third-order valence-corrected chi connectivity index (χ3v) is 4.96. The molecule has 0 aromatic carbocycles. The van der Waals surface area contributed by atoms with Gasteiger partial charge in [-0.1, -0.05) is 0 Å². The van der Waals surface area contributed by atoms with Crippen LogP contribution in [0.25, 0.3) is 0 Å². The molecule has 2 rings (SSSR count). The monoisotopic (exact) mass is 358 g/mol. The molecule has 132 valence electrons. The predicted octanol–water partition coefficient (Wildman–Crippen LogP) is 2.33. The van der Waals surface area contributed by atoms with Gasteiger partial charge in [-0.25, -0.2) is 9.10 Å². The van der Waals surface area contributed by atoms with Crippen molar-refractivity contribution in [2.45, 2.75) is 24.7 Å². The summed E-state index contributed by atoms with van der Waals surface area (Å²) in [6, 6.07) is 1.63. The summed E-state index contributed by atoms with van der Waals surface area (Å²) >= 11 is 1.12. The number of carbonyl (C=O) groups excluding carboxylic acids is 1. The standard InChI is InChI=1S/C15H20F2N4O2S/c1-4-23-14(22)11-5-12(9(2)20(11)3)24-21-7-10(6-18)13(19)15(16,17)8-21/h5-6,18H,4,7-8,19H2,1-3H3. The maximum Gasteiger partial charge on any atom is 0.354 e. The van der Waals surface area contributed by atoms with Crippen molar-refractivity contribution in [1.29, 1.82) is 5.41 Å². The Kier molecular flexibility index (Phi) is 5.34. The van der Waals surface area contributed by atoms with E-state index in [1.54, 1.807) is 31.5 Å². The largest absolute Gasteiger partial charge is 0.461 e. The molecule has 9 heteroatoms. The van der Waals surface area contributed by atoms with E-state index in [2.05, 4.69) is 0 Å². The van der Waals surface area contributed by atoms with Gasteiger partial charge in [0.15, 0.2) is 0 Å². The van der Waals surface area contributed by atoms with Crippen LogP contribution in [-0.2, 0) is 11.8 Å². The van der Waals surface area contributed by atoms with E-state index in [1.807, 2.05) is 0 Å². The number of hydrogen-bond acceptors (Lipinski definition) is 6. The van der Waals surface area contributed by atoms with Gasteiger partial charge in [0.1, 0.15) is 5.69 Å². The molecule has 0 radical (unpaired) electrons. The average Bonchev–Trinajstić information content (AvgIpc) is 2.79. The van der Waals surface area contributed by atoms with Crippen LogP contribution in [0.3, 0.4) is 0 Å². The molecule has 1 aliphatic rings. The van der Waals surface area contributed by atoms with Gasteiger partial charge >= 0.3 is 11.9 Å². The fourth-order valence-electron chi connectivity index (χ4n) is 2.36. The molecule has 1 aromatic rings. The van der Waals surface area contributed by atoms with Crippen molar-refractivity contribution >= 4 is 24.1 Å². The first kappa shape index (κ1) is 18.5. The Morgan fingerprint density at radius 1 is 1.58 bits per heavy atom. The van der Waals surface area contributed by atoms with Gasteiger partial charge in [-0.15, -0.1) is 0 Å². The molecule has 0 saturated heterocycles. The third kappa shape index (κ3) is 3.46. The Balaban J connectivity index is 2.25. The SMILES string of the molecule is CCOC(=O)c1cc(SN2CC(C=N)=C(N)C(F)(F)C2)c(C)n1C. The number of alkyl halides is 2. The van der Waals surface area contributed by atoms with Crippen molar-refractivity contribution in [2.24, 2.45) is 12.8 Å². The van der Waals surface area contributed by atoms with Crippen LogP contribution in [0.15, 0.2) is 22.2 Å². The lowest BCUT2D eigenvalue weighted by Gasteiger charge is -2.32. The van der Waals surface area contributed by atoms with Gasteiger partial charge < -0.3 is 20.4 Å². The Hall–Kier alpha value is -1.87. The first-order valence-electron chi connectivity index (χ1n) is 7.35. The fraction of sp³-hybridized carbons (Fsp3) is 0.467. The summed E-state index contributed by atoms with van der Waals surface area (Å²) in [5.74, 6) is -3.65. The van der Waals surface area contributed by atoms with Crippen LogP contribution in [0.2, 0.25) is 0 Å². The number of nitrogens with one attached hydrogen (secondary N) is 1. The molecular weight excluding hydrogens is 338 g/mol. The number of esters is 1. The van der Waals surface area contributed by atoms with Crippen molar-refractivity contribution in [3.63, 3.8) is 0 Å². The highest BCUT2D eigenvalue weighted by molar-refractivity contribution is 7.97. The van der Waals surface area contributed by atoms with Gasteiger partial charge in [-0.3, -0.25) is 0 Å². The van der Waals surface area contributed by atoms with Gasteiger partial charge in [-0.05, 0) is 31.9 Å². The number of aromatic nitrogens is 1. The lowest BCUT2D eigenvalue weighted by Crippen LogP contribution is -2.44. The molecule has 1 aliphatic heterocycles. The van der Waals surface area contributed by atoms with E-state index in [0.29, 0.717) is 10.6 Å². The van der Waals surface area contributed by atoms with E-state index < -0.39 is 24.1 Å². The second kappa shape index (κ2) is 6.94. The minimum atomic E-state index is -3.19. The zero-order chi connectivity index (χ0) is 18.1.